The molecule has 162 valence electrons. The second kappa shape index (κ2) is 8.11. The first-order chi connectivity index (χ1) is 14.5. The monoisotopic (exact) mass is 409 g/mol. The van der Waals surface area contributed by atoms with E-state index in [2.05, 4.69) is 24.0 Å². The summed E-state index contributed by atoms with van der Waals surface area (Å²) in [5, 5.41) is 0. The van der Waals surface area contributed by atoms with Gasteiger partial charge in [0.15, 0.2) is 0 Å². The number of esters is 1. The molecule has 1 saturated heterocycles. The number of ketones is 1. The number of aryl methyl sites for hydroxylation is 1. The molecule has 1 aromatic carbocycles. The average Bonchev–Trinajstić information content (AvgIpc) is 3.07. The zero-order chi connectivity index (χ0) is 20.7. The molecule has 3 fully saturated rings. The van der Waals surface area contributed by atoms with Crippen LogP contribution in [0.15, 0.2) is 18.2 Å². The van der Waals surface area contributed by atoms with Crippen molar-refractivity contribution in [3.8, 4) is 5.75 Å². The molecule has 0 spiro atoms. The molecule has 0 amide bonds. The Labute approximate surface area is 180 Å². The zero-order valence-corrected chi connectivity index (χ0v) is 18.3. The van der Waals surface area contributed by atoms with Gasteiger partial charge in [-0.3, -0.25) is 9.59 Å². The van der Waals surface area contributed by atoms with Gasteiger partial charge in [-0.05, 0) is 99.0 Å². The number of carbonyl (C=O) groups is 2. The average molecular weight is 410 g/mol. The van der Waals surface area contributed by atoms with Gasteiger partial charge < -0.3 is 9.64 Å². The van der Waals surface area contributed by atoms with E-state index < -0.39 is 0 Å². The number of hydrogen-bond acceptors (Lipinski definition) is 4. The highest BCUT2D eigenvalue weighted by Crippen LogP contribution is 2.59. The van der Waals surface area contributed by atoms with Gasteiger partial charge in [0.25, 0.3) is 0 Å². The van der Waals surface area contributed by atoms with Gasteiger partial charge in [-0.25, -0.2) is 0 Å². The molecule has 4 heteroatoms. The Balaban J connectivity index is 1.23. The number of Topliss-reactive ketones (excluding diaryl/α,β-unsaturated/α-hetero) is 1. The first kappa shape index (κ1) is 20.2. The minimum absolute atomic E-state index is 0.0670. The van der Waals surface area contributed by atoms with Crippen molar-refractivity contribution in [2.45, 2.75) is 77.0 Å². The topological polar surface area (TPSA) is 46.6 Å². The van der Waals surface area contributed by atoms with E-state index in [1.807, 2.05) is 6.07 Å². The highest BCUT2D eigenvalue weighted by Gasteiger charge is 2.54. The molecule has 1 aromatic rings. The van der Waals surface area contributed by atoms with Crippen LogP contribution in [0.3, 0.4) is 0 Å². The van der Waals surface area contributed by atoms with E-state index in [0.29, 0.717) is 35.7 Å². The summed E-state index contributed by atoms with van der Waals surface area (Å²) in [4.78, 5) is 27.2. The van der Waals surface area contributed by atoms with E-state index in [9.17, 15) is 9.59 Å². The van der Waals surface area contributed by atoms with E-state index in [0.717, 1.165) is 58.2 Å². The molecule has 5 rings (SSSR count). The van der Waals surface area contributed by atoms with Gasteiger partial charge in [-0.2, -0.15) is 0 Å². The molecule has 30 heavy (non-hydrogen) atoms. The Morgan fingerprint density at radius 3 is 2.80 bits per heavy atom. The van der Waals surface area contributed by atoms with Crippen LogP contribution >= 0.6 is 0 Å². The molecule has 4 nitrogen and oxygen atoms in total. The molecule has 1 heterocycles. The van der Waals surface area contributed by atoms with Gasteiger partial charge in [0.05, 0.1) is 6.42 Å². The van der Waals surface area contributed by atoms with E-state index in [-0.39, 0.29) is 11.4 Å². The third-order valence-corrected chi connectivity index (χ3v) is 8.72. The van der Waals surface area contributed by atoms with Crippen molar-refractivity contribution < 1.29 is 14.3 Å². The summed E-state index contributed by atoms with van der Waals surface area (Å²) < 4.78 is 5.70. The lowest BCUT2D eigenvalue weighted by Gasteiger charge is -2.48. The van der Waals surface area contributed by atoms with Crippen LogP contribution in [0, 0.1) is 17.3 Å². The number of fused-ring (bicyclic) bond motifs is 5. The summed E-state index contributed by atoms with van der Waals surface area (Å²) in [6.07, 6.45) is 10.5. The summed E-state index contributed by atoms with van der Waals surface area (Å²) in [7, 11) is 0. The van der Waals surface area contributed by atoms with Crippen molar-refractivity contribution in [1.29, 1.82) is 0 Å². The molecule has 3 aliphatic carbocycles. The van der Waals surface area contributed by atoms with Crippen LogP contribution in [0.5, 0.6) is 5.75 Å². The van der Waals surface area contributed by atoms with Gasteiger partial charge in [-0.1, -0.05) is 19.4 Å². The number of piperidine rings is 1. The largest absolute Gasteiger partial charge is 0.426 e. The van der Waals surface area contributed by atoms with Gasteiger partial charge >= 0.3 is 5.97 Å². The predicted octanol–water partition coefficient (Wildman–Crippen LogP) is 4.89. The third-order valence-electron chi connectivity index (χ3n) is 8.72. The summed E-state index contributed by atoms with van der Waals surface area (Å²) in [5.74, 6) is 2.86. The van der Waals surface area contributed by atoms with Crippen LogP contribution < -0.4 is 4.74 Å². The van der Waals surface area contributed by atoms with Crippen molar-refractivity contribution >= 4 is 11.8 Å². The fourth-order valence-electron chi connectivity index (χ4n) is 7.01. The number of rotatable bonds is 4. The highest BCUT2D eigenvalue weighted by atomic mass is 16.5. The van der Waals surface area contributed by atoms with Crippen LogP contribution in [0.1, 0.15) is 81.8 Å². The second-order valence-electron chi connectivity index (χ2n) is 10.3. The Hall–Kier alpha value is -1.68. The van der Waals surface area contributed by atoms with Crippen LogP contribution in [0.2, 0.25) is 0 Å². The fourth-order valence-corrected chi connectivity index (χ4v) is 7.01. The third kappa shape index (κ3) is 3.62. The molecule has 0 bridgehead atoms. The lowest BCUT2D eigenvalue weighted by Crippen LogP contribution is -2.42. The highest BCUT2D eigenvalue weighted by molar-refractivity contribution is 5.87. The SMILES string of the molecule is C[C@]12CC[C@H]3c4ccc(OC(=O)CCN5CCCCC5)cc4CC[C@@H]3[C@@H]1CCC2=O. The van der Waals surface area contributed by atoms with Crippen LogP contribution in [-0.2, 0) is 16.0 Å². The fraction of sp³-hybridized carbons (Fsp3) is 0.692. The Bertz CT molecular complexity index is 828. The molecular formula is C26H35NO3. The van der Waals surface area contributed by atoms with Crippen molar-refractivity contribution in [2.24, 2.45) is 17.3 Å². The minimum Gasteiger partial charge on any atom is -0.426 e. The molecule has 2 saturated carbocycles. The number of carbonyl (C=O) groups excluding carboxylic acids is 2. The lowest BCUT2D eigenvalue weighted by molar-refractivity contribution is -0.134. The van der Waals surface area contributed by atoms with Crippen molar-refractivity contribution in [3.05, 3.63) is 29.3 Å². The number of benzene rings is 1. The second-order valence-corrected chi connectivity index (χ2v) is 10.3. The van der Waals surface area contributed by atoms with Crippen molar-refractivity contribution in [2.75, 3.05) is 19.6 Å². The van der Waals surface area contributed by atoms with Crippen molar-refractivity contribution in [3.63, 3.8) is 0 Å². The molecule has 1 aliphatic heterocycles. The summed E-state index contributed by atoms with van der Waals surface area (Å²) in [5.41, 5.74) is 2.73. The standard InChI is InChI=1S/C26H35NO3/c1-26-13-11-21-20-8-6-19(30-25(29)12-16-27-14-3-2-4-15-27)17-18(20)5-7-22(21)23(26)9-10-24(26)28/h6,8,17,21-23H,2-5,7,9-16H2,1H3/t21-,22-,23-,26-/m0/s1. The van der Waals surface area contributed by atoms with Crippen molar-refractivity contribution in [1.82, 2.24) is 4.90 Å². The number of nitrogens with zero attached hydrogens (tertiary/aromatic N) is 1. The number of likely N-dealkylation sites (tertiary alicyclic amines) is 1. The Morgan fingerprint density at radius 1 is 1.13 bits per heavy atom. The maximum Gasteiger partial charge on any atom is 0.312 e. The van der Waals surface area contributed by atoms with E-state index in [1.165, 1.54) is 30.4 Å². The van der Waals surface area contributed by atoms with Gasteiger partial charge in [0.1, 0.15) is 11.5 Å². The predicted molar refractivity (Wildman–Crippen MR) is 117 cm³/mol. The molecule has 0 N–H and O–H groups in total. The summed E-state index contributed by atoms with van der Waals surface area (Å²) in [6.45, 7) is 5.26. The van der Waals surface area contributed by atoms with E-state index >= 15 is 0 Å². The number of hydrogen-bond donors (Lipinski definition) is 0. The quantitative estimate of drug-likeness (QED) is 0.524. The summed E-state index contributed by atoms with van der Waals surface area (Å²) in [6, 6.07) is 6.31. The molecule has 0 radical (unpaired) electrons. The van der Waals surface area contributed by atoms with E-state index in [4.69, 9.17) is 4.74 Å². The molecule has 4 atom stereocenters. The smallest absolute Gasteiger partial charge is 0.312 e. The first-order valence-corrected chi connectivity index (χ1v) is 12.1. The minimum atomic E-state index is -0.118. The normalized spacial score (nSPS) is 33.5. The van der Waals surface area contributed by atoms with Crippen LogP contribution in [0.25, 0.3) is 0 Å². The maximum absolute atomic E-state index is 12.5. The Morgan fingerprint density at radius 2 is 1.97 bits per heavy atom. The molecule has 4 aliphatic rings. The van der Waals surface area contributed by atoms with Crippen LogP contribution in [0.4, 0.5) is 0 Å². The lowest BCUT2D eigenvalue weighted by atomic mass is 9.55. The first-order valence-electron chi connectivity index (χ1n) is 12.1. The molecule has 0 unspecified atom stereocenters. The zero-order valence-electron chi connectivity index (χ0n) is 18.3. The maximum atomic E-state index is 12.5. The van der Waals surface area contributed by atoms with Gasteiger partial charge in [0.2, 0.25) is 0 Å². The Kier molecular flexibility index (Phi) is 5.47. The van der Waals surface area contributed by atoms with Gasteiger partial charge in [-0.15, -0.1) is 0 Å². The van der Waals surface area contributed by atoms with Gasteiger partial charge in [0, 0.05) is 18.4 Å². The van der Waals surface area contributed by atoms with Crippen LogP contribution in [-0.4, -0.2) is 36.3 Å². The molecule has 0 aromatic heterocycles. The molecular weight excluding hydrogens is 374 g/mol. The number of ether oxygens (including phenoxy) is 1. The van der Waals surface area contributed by atoms with E-state index in [1.54, 1.807) is 0 Å². The summed E-state index contributed by atoms with van der Waals surface area (Å²) >= 11 is 0.